The number of benzene rings is 2. The molecule has 1 saturated carbocycles. The fraction of sp³-hybridized carbons (Fsp3) is 0.364. The van der Waals surface area contributed by atoms with Crippen molar-refractivity contribution in [3.05, 3.63) is 65.2 Å². The van der Waals surface area contributed by atoms with Gasteiger partial charge in [-0.25, -0.2) is 13.1 Å². The molecule has 1 aliphatic carbocycles. The Labute approximate surface area is 182 Å². The molecule has 0 atom stereocenters. The van der Waals surface area contributed by atoms with E-state index in [2.05, 4.69) is 16.1 Å². The number of sulfonamides is 1. The second kappa shape index (κ2) is 10.6. The Morgan fingerprint density at radius 2 is 1.90 bits per heavy atom. The Hall–Kier alpha value is -2.34. The van der Waals surface area contributed by atoms with Crippen molar-refractivity contribution in [2.75, 3.05) is 12.3 Å². The van der Waals surface area contributed by atoms with Crippen LogP contribution in [0.4, 0.5) is 0 Å². The van der Waals surface area contributed by atoms with Crippen LogP contribution in [0.5, 0.6) is 0 Å². The summed E-state index contributed by atoms with van der Waals surface area (Å²) >= 11 is 1.63. The molecule has 30 heavy (non-hydrogen) atoms. The van der Waals surface area contributed by atoms with Gasteiger partial charge in [-0.1, -0.05) is 37.1 Å². The highest BCUT2D eigenvalue weighted by Gasteiger charge is 2.23. The van der Waals surface area contributed by atoms with Crippen LogP contribution in [-0.4, -0.2) is 32.7 Å². The van der Waals surface area contributed by atoms with Gasteiger partial charge >= 0.3 is 0 Å². The summed E-state index contributed by atoms with van der Waals surface area (Å²) in [6.45, 7) is 0.454. The molecule has 0 unspecified atom stereocenters. The highest BCUT2D eigenvalue weighted by Crippen LogP contribution is 2.21. The third-order valence-electron chi connectivity index (χ3n) is 5.01. The zero-order chi connectivity index (χ0) is 21.4. The molecular weight excluding hydrogens is 418 g/mol. The first-order chi connectivity index (χ1) is 14.5. The van der Waals surface area contributed by atoms with Gasteiger partial charge in [0.05, 0.1) is 16.5 Å². The van der Waals surface area contributed by atoms with E-state index in [9.17, 15) is 13.2 Å². The highest BCUT2D eigenvalue weighted by atomic mass is 32.2. The Balaban J connectivity index is 1.49. The quantitative estimate of drug-likeness (QED) is 0.579. The van der Waals surface area contributed by atoms with Crippen molar-refractivity contribution in [1.82, 2.24) is 10.0 Å². The van der Waals surface area contributed by atoms with Crippen LogP contribution in [0.3, 0.4) is 0 Å². The van der Waals surface area contributed by atoms with Crippen molar-refractivity contribution in [1.29, 1.82) is 5.26 Å². The SMILES string of the molecule is N#Cc1ccccc1CSCCNC(=O)c1cccc(S(=O)(=O)NC2CCCC2)c1. The van der Waals surface area contributed by atoms with Crippen LogP contribution >= 0.6 is 11.8 Å². The van der Waals surface area contributed by atoms with Crippen molar-refractivity contribution in [3.63, 3.8) is 0 Å². The van der Waals surface area contributed by atoms with Crippen molar-refractivity contribution in [2.24, 2.45) is 0 Å². The van der Waals surface area contributed by atoms with Gasteiger partial charge in [0.1, 0.15) is 0 Å². The summed E-state index contributed by atoms with van der Waals surface area (Å²) in [5.74, 6) is 1.08. The molecule has 0 spiro atoms. The van der Waals surface area contributed by atoms with Crippen molar-refractivity contribution in [3.8, 4) is 6.07 Å². The maximum absolute atomic E-state index is 12.6. The maximum Gasteiger partial charge on any atom is 0.251 e. The molecule has 1 fully saturated rings. The van der Waals surface area contributed by atoms with Gasteiger partial charge in [-0.05, 0) is 42.7 Å². The van der Waals surface area contributed by atoms with E-state index in [0.29, 0.717) is 29.2 Å². The van der Waals surface area contributed by atoms with Crippen LogP contribution < -0.4 is 10.0 Å². The zero-order valence-corrected chi connectivity index (χ0v) is 18.3. The Morgan fingerprint density at radius 3 is 2.67 bits per heavy atom. The molecule has 158 valence electrons. The van der Waals surface area contributed by atoms with Crippen LogP contribution in [0.1, 0.15) is 47.2 Å². The van der Waals surface area contributed by atoms with Gasteiger partial charge in [0.25, 0.3) is 5.91 Å². The summed E-state index contributed by atoms with van der Waals surface area (Å²) in [7, 11) is -3.63. The van der Waals surface area contributed by atoms with E-state index in [1.165, 1.54) is 12.1 Å². The van der Waals surface area contributed by atoms with E-state index in [4.69, 9.17) is 5.26 Å². The number of hydrogen-bond acceptors (Lipinski definition) is 5. The van der Waals surface area contributed by atoms with Crippen LogP contribution in [0, 0.1) is 11.3 Å². The van der Waals surface area contributed by atoms with Crippen LogP contribution in [0.2, 0.25) is 0 Å². The van der Waals surface area contributed by atoms with Crippen LogP contribution in [-0.2, 0) is 15.8 Å². The van der Waals surface area contributed by atoms with E-state index >= 15 is 0 Å². The predicted molar refractivity (Wildman–Crippen MR) is 119 cm³/mol. The lowest BCUT2D eigenvalue weighted by molar-refractivity contribution is 0.0956. The standard InChI is InChI=1S/C22H25N3O3S2/c23-15-18-6-1-2-7-19(18)16-29-13-12-24-22(26)17-8-5-11-21(14-17)30(27,28)25-20-9-3-4-10-20/h1-2,5-8,11,14,20,25H,3-4,9-10,12-13,16H2,(H,24,26). The number of carbonyl (C=O) groups excluding carboxylic acids is 1. The largest absolute Gasteiger partial charge is 0.351 e. The van der Waals surface area contributed by atoms with Gasteiger partial charge in [-0.2, -0.15) is 17.0 Å². The second-order valence-corrected chi connectivity index (χ2v) is 10.0. The van der Waals surface area contributed by atoms with Gasteiger partial charge in [0, 0.05) is 29.7 Å². The van der Waals surface area contributed by atoms with E-state index in [1.807, 2.05) is 18.2 Å². The summed E-state index contributed by atoms with van der Waals surface area (Å²) < 4.78 is 27.9. The molecule has 0 saturated heterocycles. The number of carbonyl (C=O) groups is 1. The first-order valence-corrected chi connectivity index (χ1v) is 12.6. The highest BCUT2D eigenvalue weighted by molar-refractivity contribution is 7.98. The topological polar surface area (TPSA) is 99.1 Å². The predicted octanol–water partition coefficient (Wildman–Crippen LogP) is 3.44. The monoisotopic (exact) mass is 443 g/mol. The molecule has 0 radical (unpaired) electrons. The first-order valence-electron chi connectivity index (χ1n) is 9.96. The maximum atomic E-state index is 12.6. The molecule has 2 N–H and O–H groups in total. The molecule has 2 aromatic rings. The molecule has 0 aromatic heterocycles. The number of nitrogens with zero attached hydrogens (tertiary/aromatic N) is 1. The average Bonchev–Trinajstić information content (AvgIpc) is 3.26. The number of rotatable bonds is 9. The zero-order valence-electron chi connectivity index (χ0n) is 16.6. The van der Waals surface area contributed by atoms with Gasteiger partial charge in [-0.3, -0.25) is 4.79 Å². The molecule has 8 heteroatoms. The van der Waals surface area contributed by atoms with E-state index in [-0.39, 0.29) is 16.8 Å². The fourth-order valence-corrected chi connectivity index (χ4v) is 5.62. The van der Waals surface area contributed by atoms with Gasteiger partial charge in [0.15, 0.2) is 0 Å². The van der Waals surface area contributed by atoms with E-state index in [0.717, 1.165) is 31.2 Å². The number of amides is 1. The molecule has 2 aromatic carbocycles. The summed E-state index contributed by atoms with van der Waals surface area (Å²) in [6.07, 6.45) is 3.79. The summed E-state index contributed by atoms with van der Waals surface area (Å²) in [5, 5.41) is 11.9. The Morgan fingerprint density at radius 1 is 1.13 bits per heavy atom. The normalized spacial score (nSPS) is 14.4. The van der Waals surface area contributed by atoms with Crippen molar-refractivity contribution < 1.29 is 13.2 Å². The number of hydrogen-bond donors (Lipinski definition) is 2. The summed E-state index contributed by atoms with van der Waals surface area (Å²) in [5.41, 5.74) is 1.96. The minimum Gasteiger partial charge on any atom is -0.351 e. The van der Waals surface area contributed by atoms with Gasteiger partial charge in [-0.15, -0.1) is 0 Å². The smallest absolute Gasteiger partial charge is 0.251 e. The Bertz CT molecular complexity index is 1030. The minimum atomic E-state index is -3.63. The number of nitriles is 1. The van der Waals surface area contributed by atoms with Crippen LogP contribution in [0.15, 0.2) is 53.4 Å². The van der Waals surface area contributed by atoms with Crippen LogP contribution in [0.25, 0.3) is 0 Å². The molecule has 0 bridgehead atoms. The fourth-order valence-electron chi connectivity index (χ4n) is 3.41. The molecule has 1 aliphatic rings. The Kier molecular flexibility index (Phi) is 7.91. The van der Waals surface area contributed by atoms with Gasteiger partial charge in [0.2, 0.25) is 10.0 Å². The lowest BCUT2D eigenvalue weighted by Gasteiger charge is -2.13. The second-order valence-electron chi connectivity index (χ2n) is 7.21. The minimum absolute atomic E-state index is 0.0179. The molecule has 3 rings (SSSR count). The lowest BCUT2D eigenvalue weighted by Crippen LogP contribution is -2.33. The third kappa shape index (κ3) is 6.08. The van der Waals surface area contributed by atoms with Crippen molar-refractivity contribution >= 4 is 27.7 Å². The molecular formula is C22H25N3O3S2. The third-order valence-corrected chi connectivity index (χ3v) is 7.54. The van der Waals surface area contributed by atoms with Gasteiger partial charge < -0.3 is 5.32 Å². The molecule has 0 aliphatic heterocycles. The first kappa shape index (κ1) is 22.3. The lowest BCUT2D eigenvalue weighted by atomic mass is 10.1. The molecule has 0 heterocycles. The summed E-state index contributed by atoms with van der Waals surface area (Å²) in [6, 6.07) is 15.8. The van der Waals surface area contributed by atoms with Crippen molar-refractivity contribution in [2.45, 2.75) is 42.4 Å². The van der Waals surface area contributed by atoms with E-state index in [1.54, 1.807) is 30.0 Å². The van der Waals surface area contributed by atoms with E-state index < -0.39 is 10.0 Å². The molecule has 1 amide bonds. The number of thioether (sulfide) groups is 1. The molecule has 6 nitrogen and oxygen atoms in total. The average molecular weight is 444 g/mol. The summed E-state index contributed by atoms with van der Waals surface area (Å²) in [4.78, 5) is 12.5. The number of nitrogens with one attached hydrogen (secondary N) is 2.